The number of hydrogen-bond donors (Lipinski definition) is 1. The highest BCUT2D eigenvalue weighted by Gasteiger charge is 2.02. The largest absolute Gasteiger partial charge is 0.504 e. The van der Waals surface area contributed by atoms with E-state index < -0.39 is 0 Å². The zero-order chi connectivity index (χ0) is 11.8. The fraction of sp³-hybridized carbons (Fsp3) is 0.500. The molecule has 0 bridgehead atoms. The van der Waals surface area contributed by atoms with E-state index in [1.54, 1.807) is 6.07 Å². The summed E-state index contributed by atoms with van der Waals surface area (Å²) in [4.78, 5) is 11.3. The fourth-order valence-electron chi connectivity index (χ4n) is 1.75. The van der Waals surface area contributed by atoms with Crippen LogP contribution in [0.5, 0.6) is 5.75 Å². The molecule has 88 valence electrons. The smallest absolute Gasteiger partial charge is 0.220 e. The Morgan fingerprint density at radius 1 is 1.06 bits per heavy atom. The lowest BCUT2D eigenvalue weighted by molar-refractivity contribution is 0.462. The second-order valence-corrected chi connectivity index (χ2v) is 4.12. The molecule has 0 unspecified atom stereocenters. The van der Waals surface area contributed by atoms with Gasteiger partial charge in [0, 0.05) is 0 Å². The molecule has 0 amide bonds. The maximum absolute atomic E-state index is 11.3. The van der Waals surface area contributed by atoms with Crippen molar-refractivity contribution >= 4 is 0 Å². The second-order valence-electron chi connectivity index (χ2n) is 4.12. The van der Waals surface area contributed by atoms with Gasteiger partial charge in [0.1, 0.15) is 0 Å². The van der Waals surface area contributed by atoms with Gasteiger partial charge in [-0.2, -0.15) is 0 Å². The summed E-state index contributed by atoms with van der Waals surface area (Å²) in [7, 11) is 0. The van der Waals surface area contributed by atoms with Gasteiger partial charge in [-0.05, 0) is 24.5 Å². The highest BCUT2D eigenvalue weighted by molar-refractivity contribution is 5.30. The van der Waals surface area contributed by atoms with Crippen molar-refractivity contribution in [2.75, 3.05) is 0 Å². The Hall–Kier alpha value is -1.31. The SMILES string of the molecule is CCCCCCCc1ccccc(=O)c1O. The lowest BCUT2D eigenvalue weighted by atomic mass is 10.1. The first-order valence-corrected chi connectivity index (χ1v) is 6.07. The van der Waals surface area contributed by atoms with E-state index in [4.69, 9.17) is 0 Å². The summed E-state index contributed by atoms with van der Waals surface area (Å²) in [5.74, 6) is -0.0829. The molecule has 0 saturated heterocycles. The monoisotopic (exact) mass is 220 g/mol. The van der Waals surface area contributed by atoms with Gasteiger partial charge in [-0.3, -0.25) is 4.79 Å². The predicted molar refractivity (Wildman–Crippen MR) is 66.8 cm³/mol. The molecule has 0 heterocycles. The van der Waals surface area contributed by atoms with E-state index in [1.807, 2.05) is 12.1 Å². The van der Waals surface area contributed by atoms with Crippen LogP contribution in [0.3, 0.4) is 0 Å². The number of aryl methyl sites for hydroxylation is 1. The van der Waals surface area contributed by atoms with Gasteiger partial charge in [0.15, 0.2) is 5.75 Å². The highest BCUT2D eigenvalue weighted by Crippen LogP contribution is 2.14. The van der Waals surface area contributed by atoms with Gasteiger partial charge in [0.2, 0.25) is 5.43 Å². The molecule has 0 fully saturated rings. The molecule has 1 N–H and O–H groups in total. The molecule has 0 spiro atoms. The van der Waals surface area contributed by atoms with Crippen LogP contribution in [-0.2, 0) is 6.42 Å². The molecule has 1 aromatic rings. The number of rotatable bonds is 6. The van der Waals surface area contributed by atoms with Crippen molar-refractivity contribution in [3.8, 4) is 5.75 Å². The number of unbranched alkanes of at least 4 members (excludes halogenated alkanes) is 4. The van der Waals surface area contributed by atoms with Crippen LogP contribution < -0.4 is 5.43 Å². The minimum Gasteiger partial charge on any atom is -0.504 e. The molecule has 0 aliphatic rings. The molecular formula is C14H20O2. The van der Waals surface area contributed by atoms with Crippen LogP contribution >= 0.6 is 0 Å². The number of hydrogen-bond acceptors (Lipinski definition) is 2. The van der Waals surface area contributed by atoms with Crippen molar-refractivity contribution in [2.45, 2.75) is 45.4 Å². The quantitative estimate of drug-likeness (QED) is 0.747. The van der Waals surface area contributed by atoms with Crippen LogP contribution in [0.4, 0.5) is 0 Å². The zero-order valence-corrected chi connectivity index (χ0v) is 9.91. The Labute approximate surface area is 97.0 Å². The molecule has 2 nitrogen and oxygen atoms in total. The normalized spacial score (nSPS) is 10.3. The third kappa shape index (κ3) is 4.05. The standard InChI is InChI=1S/C14H20O2/c1-2-3-4-5-6-9-12-10-7-8-11-13(15)14(12)16/h7-8,10-11H,2-6,9H2,1H3,(H,15,16). The molecule has 2 heteroatoms. The Balaban J connectivity index is 2.52. The topological polar surface area (TPSA) is 37.3 Å². The summed E-state index contributed by atoms with van der Waals surface area (Å²) in [6.45, 7) is 2.19. The van der Waals surface area contributed by atoms with E-state index in [1.165, 1.54) is 31.7 Å². The summed E-state index contributed by atoms with van der Waals surface area (Å²) in [6, 6.07) is 6.71. The third-order valence-electron chi connectivity index (χ3n) is 2.74. The van der Waals surface area contributed by atoms with Gasteiger partial charge in [0.05, 0.1) is 0 Å². The molecule has 1 rings (SSSR count). The molecule has 0 radical (unpaired) electrons. The summed E-state index contributed by atoms with van der Waals surface area (Å²) >= 11 is 0. The summed E-state index contributed by atoms with van der Waals surface area (Å²) in [5.41, 5.74) is 0.486. The van der Waals surface area contributed by atoms with Crippen molar-refractivity contribution in [2.24, 2.45) is 0 Å². The molecular weight excluding hydrogens is 200 g/mol. The average molecular weight is 220 g/mol. The van der Waals surface area contributed by atoms with Crippen molar-refractivity contribution in [1.82, 2.24) is 0 Å². The molecule has 0 aliphatic carbocycles. The first-order valence-electron chi connectivity index (χ1n) is 6.07. The first-order chi connectivity index (χ1) is 7.75. The van der Waals surface area contributed by atoms with Crippen LogP contribution in [-0.4, -0.2) is 5.11 Å². The van der Waals surface area contributed by atoms with Crippen LogP contribution in [0.2, 0.25) is 0 Å². The summed E-state index contributed by atoms with van der Waals surface area (Å²) < 4.78 is 0. The van der Waals surface area contributed by atoms with E-state index in [0.29, 0.717) is 0 Å². The highest BCUT2D eigenvalue weighted by atomic mass is 16.3. The Morgan fingerprint density at radius 2 is 1.75 bits per heavy atom. The van der Waals surface area contributed by atoms with Crippen LogP contribution in [0.1, 0.15) is 44.6 Å². The van der Waals surface area contributed by atoms with Crippen LogP contribution in [0.25, 0.3) is 0 Å². The van der Waals surface area contributed by atoms with E-state index >= 15 is 0 Å². The van der Waals surface area contributed by atoms with Crippen LogP contribution in [0.15, 0.2) is 29.1 Å². The van der Waals surface area contributed by atoms with Gasteiger partial charge >= 0.3 is 0 Å². The molecule has 0 saturated carbocycles. The van der Waals surface area contributed by atoms with Gasteiger partial charge in [-0.1, -0.05) is 50.8 Å². The minimum absolute atomic E-state index is 0.0829. The summed E-state index contributed by atoms with van der Waals surface area (Å²) in [6.07, 6.45) is 6.73. The maximum atomic E-state index is 11.3. The van der Waals surface area contributed by atoms with E-state index in [9.17, 15) is 9.90 Å². The average Bonchev–Trinajstić information content (AvgIpc) is 2.44. The third-order valence-corrected chi connectivity index (χ3v) is 2.74. The minimum atomic E-state index is -0.284. The summed E-state index contributed by atoms with van der Waals surface area (Å²) in [5, 5.41) is 9.65. The van der Waals surface area contributed by atoms with Gasteiger partial charge < -0.3 is 5.11 Å². The lowest BCUT2D eigenvalue weighted by Gasteiger charge is -2.01. The van der Waals surface area contributed by atoms with E-state index in [2.05, 4.69) is 6.92 Å². The van der Waals surface area contributed by atoms with Crippen molar-refractivity contribution in [1.29, 1.82) is 0 Å². The molecule has 0 aromatic heterocycles. The van der Waals surface area contributed by atoms with E-state index in [-0.39, 0.29) is 11.2 Å². The van der Waals surface area contributed by atoms with Crippen molar-refractivity contribution in [3.63, 3.8) is 0 Å². The van der Waals surface area contributed by atoms with Crippen molar-refractivity contribution < 1.29 is 5.11 Å². The molecule has 0 atom stereocenters. The molecule has 1 aromatic carbocycles. The Kier molecular flexibility index (Phi) is 5.62. The lowest BCUT2D eigenvalue weighted by Crippen LogP contribution is -1.97. The van der Waals surface area contributed by atoms with Gasteiger partial charge in [-0.15, -0.1) is 0 Å². The van der Waals surface area contributed by atoms with Gasteiger partial charge in [0.25, 0.3) is 0 Å². The maximum Gasteiger partial charge on any atom is 0.220 e. The number of aromatic hydroxyl groups is 1. The molecule has 0 aliphatic heterocycles. The second kappa shape index (κ2) is 7.04. The predicted octanol–water partition coefficient (Wildman–Crippen LogP) is 3.27. The Bertz CT molecular complexity index is 371. The molecule has 16 heavy (non-hydrogen) atoms. The van der Waals surface area contributed by atoms with Crippen molar-refractivity contribution in [3.05, 3.63) is 40.1 Å². The first kappa shape index (κ1) is 12.8. The van der Waals surface area contributed by atoms with Gasteiger partial charge in [-0.25, -0.2) is 0 Å². The fourth-order valence-corrected chi connectivity index (χ4v) is 1.75. The van der Waals surface area contributed by atoms with E-state index in [0.717, 1.165) is 18.4 Å². The van der Waals surface area contributed by atoms with Crippen LogP contribution in [0, 0.1) is 0 Å². The Morgan fingerprint density at radius 3 is 2.50 bits per heavy atom. The zero-order valence-electron chi connectivity index (χ0n) is 9.91.